The molecule has 2 aromatic carbocycles. The molecule has 148 valence electrons. The summed E-state index contributed by atoms with van der Waals surface area (Å²) in [7, 11) is 0. The number of likely N-dealkylation sites (tertiary alicyclic amines) is 1. The van der Waals surface area contributed by atoms with Gasteiger partial charge in [0.25, 0.3) is 0 Å². The first-order valence-electron chi connectivity index (χ1n) is 9.72. The maximum Gasteiger partial charge on any atom is 0.313 e. The van der Waals surface area contributed by atoms with Crippen molar-refractivity contribution in [2.75, 3.05) is 31.5 Å². The maximum atomic E-state index is 13.5. The quantitative estimate of drug-likeness (QED) is 0.754. The minimum Gasteiger partial charge on any atom is -0.348 e. The second-order valence-electron chi connectivity index (χ2n) is 7.16. The molecule has 1 aliphatic rings. The summed E-state index contributed by atoms with van der Waals surface area (Å²) in [5.74, 6) is -1.77. The fraction of sp³-hybridized carbons (Fsp3) is 0.364. The van der Waals surface area contributed by atoms with Crippen LogP contribution in [-0.2, 0) is 16.0 Å². The number of hydrogen-bond acceptors (Lipinski definition) is 3. The molecular weight excluding hydrogens is 357 g/mol. The zero-order valence-electron chi connectivity index (χ0n) is 15.9. The van der Waals surface area contributed by atoms with E-state index in [9.17, 15) is 14.0 Å². The molecule has 0 spiro atoms. The predicted molar refractivity (Wildman–Crippen MR) is 107 cm³/mol. The van der Waals surface area contributed by atoms with Crippen molar-refractivity contribution < 1.29 is 14.0 Å². The number of carbonyl (C=O) groups is 2. The number of para-hydroxylation sites is 1. The number of rotatable bonds is 6. The molecule has 2 N–H and O–H groups in total. The van der Waals surface area contributed by atoms with Crippen LogP contribution in [0.25, 0.3) is 0 Å². The molecule has 1 saturated heterocycles. The van der Waals surface area contributed by atoms with Crippen molar-refractivity contribution in [3.63, 3.8) is 0 Å². The van der Waals surface area contributed by atoms with Crippen LogP contribution in [0.5, 0.6) is 0 Å². The molecule has 3 rings (SSSR count). The molecule has 1 fully saturated rings. The van der Waals surface area contributed by atoms with Gasteiger partial charge in [-0.2, -0.15) is 0 Å². The molecule has 0 bridgehead atoms. The Balaban J connectivity index is 1.35. The average Bonchev–Trinajstić information content (AvgIpc) is 2.73. The number of amides is 2. The Hall–Kier alpha value is -2.73. The van der Waals surface area contributed by atoms with Crippen molar-refractivity contribution >= 4 is 17.5 Å². The summed E-state index contributed by atoms with van der Waals surface area (Å²) in [4.78, 5) is 26.3. The highest BCUT2D eigenvalue weighted by Gasteiger charge is 2.21. The fourth-order valence-corrected chi connectivity index (χ4v) is 3.41. The molecule has 0 unspecified atom stereocenters. The second kappa shape index (κ2) is 9.99. The summed E-state index contributed by atoms with van der Waals surface area (Å²) in [6, 6.07) is 16.2. The van der Waals surface area contributed by atoms with Gasteiger partial charge in [0.2, 0.25) is 0 Å². The Bertz CT molecular complexity index is 789. The van der Waals surface area contributed by atoms with Crippen LogP contribution in [0.3, 0.4) is 0 Å². The molecule has 0 atom stereocenters. The van der Waals surface area contributed by atoms with Gasteiger partial charge in [0, 0.05) is 13.1 Å². The summed E-state index contributed by atoms with van der Waals surface area (Å²) >= 11 is 0. The zero-order chi connectivity index (χ0) is 19.8. The van der Waals surface area contributed by atoms with Gasteiger partial charge in [0.15, 0.2) is 0 Å². The van der Waals surface area contributed by atoms with E-state index in [0.717, 1.165) is 38.9 Å². The van der Waals surface area contributed by atoms with Gasteiger partial charge >= 0.3 is 11.8 Å². The van der Waals surface area contributed by atoms with Gasteiger partial charge in [-0.15, -0.1) is 0 Å². The van der Waals surface area contributed by atoms with Crippen molar-refractivity contribution in [3.8, 4) is 0 Å². The minimum atomic E-state index is -0.842. The normalized spacial score (nSPS) is 15.2. The highest BCUT2D eigenvalue weighted by molar-refractivity contribution is 6.39. The number of nitrogens with zero attached hydrogens (tertiary/aromatic N) is 1. The van der Waals surface area contributed by atoms with Crippen LogP contribution in [0.1, 0.15) is 18.4 Å². The molecule has 0 aromatic heterocycles. The molecule has 0 saturated carbocycles. The highest BCUT2D eigenvalue weighted by Crippen LogP contribution is 2.17. The topological polar surface area (TPSA) is 61.4 Å². The first-order valence-corrected chi connectivity index (χ1v) is 9.72. The third-order valence-electron chi connectivity index (χ3n) is 5.15. The summed E-state index contributed by atoms with van der Waals surface area (Å²) in [5, 5.41) is 4.98. The first-order chi connectivity index (χ1) is 13.6. The van der Waals surface area contributed by atoms with E-state index in [1.54, 1.807) is 6.07 Å². The second-order valence-corrected chi connectivity index (χ2v) is 7.16. The largest absolute Gasteiger partial charge is 0.348 e. The van der Waals surface area contributed by atoms with Crippen LogP contribution in [0.15, 0.2) is 54.6 Å². The number of hydrogen-bond donors (Lipinski definition) is 2. The Morgan fingerprint density at radius 2 is 1.64 bits per heavy atom. The number of benzene rings is 2. The Labute approximate surface area is 164 Å². The SMILES string of the molecule is O=C(NCC1CCN(CCc2ccccc2)CC1)C(=O)Nc1ccccc1F. The Kier molecular flexibility index (Phi) is 7.14. The van der Waals surface area contributed by atoms with Gasteiger partial charge in [0.1, 0.15) is 5.82 Å². The van der Waals surface area contributed by atoms with E-state index in [1.165, 1.54) is 23.8 Å². The van der Waals surface area contributed by atoms with Gasteiger partial charge < -0.3 is 15.5 Å². The molecule has 6 heteroatoms. The molecule has 0 radical (unpaired) electrons. The van der Waals surface area contributed by atoms with Crippen molar-refractivity contribution in [2.45, 2.75) is 19.3 Å². The average molecular weight is 383 g/mol. The number of piperidine rings is 1. The first kappa shape index (κ1) is 20.0. The monoisotopic (exact) mass is 383 g/mol. The number of anilines is 1. The molecule has 2 aromatic rings. The molecule has 0 aliphatic carbocycles. The van der Waals surface area contributed by atoms with E-state index in [-0.39, 0.29) is 5.69 Å². The zero-order valence-corrected chi connectivity index (χ0v) is 15.9. The van der Waals surface area contributed by atoms with Crippen LogP contribution >= 0.6 is 0 Å². The number of nitrogens with one attached hydrogen (secondary N) is 2. The van der Waals surface area contributed by atoms with Crippen LogP contribution in [0.4, 0.5) is 10.1 Å². The van der Waals surface area contributed by atoms with E-state index in [4.69, 9.17) is 0 Å². The predicted octanol–water partition coefficient (Wildman–Crippen LogP) is 2.84. The van der Waals surface area contributed by atoms with Gasteiger partial charge in [-0.25, -0.2) is 4.39 Å². The molecule has 5 nitrogen and oxygen atoms in total. The van der Waals surface area contributed by atoms with Crippen molar-refractivity contribution in [1.82, 2.24) is 10.2 Å². The van der Waals surface area contributed by atoms with Gasteiger partial charge in [0.05, 0.1) is 5.69 Å². The van der Waals surface area contributed by atoms with E-state index >= 15 is 0 Å². The fourth-order valence-electron chi connectivity index (χ4n) is 3.41. The van der Waals surface area contributed by atoms with E-state index < -0.39 is 17.6 Å². The van der Waals surface area contributed by atoms with Crippen LogP contribution < -0.4 is 10.6 Å². The van der Waals surface area contributed by atoms with Crippen molar-refractivity contribution in [3.05, 3.63) is 66.0 Å². The van der Waals surface area contributed by atoms with Crippen molar-refractivity contribution in [1.29, 1.82) is 0 Å². The lowest BCUT2D eigenvalue weighted by Gasteiger charge is -2.32. The van der Waals surface area contributed by atoms with Gasteiger partial charge in [-0.05, 0) is 56.0 Å². The van der Waals surface area contributed by atoms with Crippen molar-refractivity contribution in [2.24, 2.45) is 5.92 Å². The summed E-state index contributed by atoms with van der Waals surface area (Å²) in [6.07, 6.45) is 3.02. The summed E-state index contributed by atoms with van der Waals surface area (Å²) in [6.45, 7) is 3.49. The molecule has 2 amide bonds. The Morgan fingerprint density at radius 1 is 0.964 bits per heavy atom. The lowest BCUT2D eigenvalue weighted by molar-refractivity contribution is -0.136. The van der Waals surface area contributed by atoms with E-state index in [0.29, 0.717) is 12.5 Å². The number of halogens is 1. The third kappa shape index (κ3) is 5.89. The lowest BCUT2D eigenvalue weighted by atomic mass is 9.96. The molecule has 1 heterocycles. The smallest absolute Gasteiger partial charge is 0.313 e. The standard InChI is InChI=1S/C22H26FN3O2/c23-19-8-4-5-9-20(19)25-22(28)21(27)24-16-18-11-14-26(15-12-18)13-10-17-6-2-1-3-7-17/h1-9,18H,10-16H2,(H,24,27)(H,25,28). The van der Waals surface area contributed by atoms with E-state index in [2.05, 4.69) is 39.8 Å². The van der Waals surface area contributed by atoms with Crippen LogP contribution in [0.2, 0.25) is 0 Å². The molecule has 1 aliphatic heterocycles. The highest BCUT2D eigenvalue weighted by atomic mass is 19.1. The lowest BCUT2D eigenvalue weighted by Crippen LogP contribution is -2.42. The minimum absolute atomic E-state index is 0.00868. The maximum absolute atomic E-state index is 13.5. The van der Waals surface area contributed by atoms with Crippen LogP contribution in [0, 0.1) is 11.7 Å². The Morgan fingerprint density at radius 3 is 2.36 bits per heavy atom. The van der Waals surface area contributed by atoms with Gasteiger partial charge in [-0.1, -0.05) is 42.5 Å². The molecular formula is C22H26FN3O2. The van der Waals surface area contributed by atoms with Crippen LogP contribution in [-0.4, -0.2) is 42.9 Å². The van der Waals surface area contributed by atoms with E-state index in [1.807, 2.05) is 6.07 Å². The summed E-state index contributed by atoms with van der Waals surface area (Å²) < 4.78 is 13.5. The number of carbonyl (C=O) groups excluding carboxylic acids is 2. The third-order valence-corrected chi connectivity index (χ3v) is 5.15. The van der Waals surface area contributed by atoms with Gasteiger partial charge in [-0.3, -0.25) is 9.59 Å². The summed E-state index contributed by atoms with van der Waals surface area (Å²) in [5.41, 5.74) is 1.35. The molecule has 28 heavy (non-hydrogen) atoms.